The molecule has 1 aromatic rings. The summed E-state index contributed by atoms with van der Waals surface area (Å²) in [5, 5.41) is 0. The van der Waals surface area contributed by atoms with Gasteiger partial charge in [-0.2, -0.15) is 0 Å². The molecular weight excluding hydrogens is 250 g/mol. The van der Waals surface area contributed by atoms with Gasteiger partial charge < -0.3 is 4.90 Å². The van der Waals surface area contributed by atoms with E-state index in [1.54, 1.807) is 12.4 Å². The zero-order valence-corrected chi connectivity index (χ0v) is 10.2. The first kappa shape index (κ1) is 11.6. The lowest BCUT2D eigenvalue weighted by Gasteiger charge is -2.27. The van der Waals surface area contributed by atoms with E-state index in [1.165, 1.54) is 0 Å². The maximum absolute atomic E-state index is 11.2. The SMILES string of the molecule is O=S1(=O)CCN(c2cnc(CCl)cn2)CC1. The summed E-state index contributed by atoms with van der Waals surface area (Å²) in [5.41, 5.74) is 0.718. The van der Waals surface area contributed by atoms with Crippen molar-refractivity contribution in [3.63, 3.8) is 0 Å². The second-order valence-corrected chi connectivity index (χ2v) is 6.21. The van der Waals surface area contributed by atoms with Crippen LogP contribution in [0.15, 0.2) is 12.4 Å². The zero-order valence-electron chi connectivity index (χ0n) is 8.63. The van der Waals surface area contributed by atoms with Gasteiger partial charge in [-0.3, -0.25) is 4.98 Å². The molecule has 0 N–H and O–H groups in total. The number of alkyl halides is 1. The molecule has 0 amide bonds. The van der Waals surface area contributed by atoms with Crippen LogP contribution in [0.5, 0.6) is 0 Å². The minimum absolute atomic E-state index is 0.186. The lowest BCUT2D eigenvalue weighted by atomic mass is 10.4. The van der Waals surface area contributed by atoms with Crippen molar-refractivity contribution < 1.29 is 8.42 Å². The number of hydrogen-bond acceptors (Lipinski definition) is 5. The summed E-state index contributed by atoms with van der Waals surface area (Å²) in [6, 6.07) is 0. The Labute approximate surface area is 99.4 Å². The molecule has 0 radical (unpaired) electrons. The fourth-order valence-corrected chi connectivity index (χ4v) is 2.86. The largest absolute Gasteiger partial charge is 0.353 e. The van der Waals surface area contributed by atoms with Gasteiger partial charge in [-0.05, 0) is 0 Å². The van der Waals surface area contributed by atoms with Crippen molar-refractivity contribution in [2.45, 2.75) is 5.88 Å². The summed E-state index contributed by atoms with van der Waals surface area (Å²) >= 11 is 5.61. The van der Waals surface area contributed by atoms with Crippen LogP contribution in [-0.2, 0) is 15.7 Å². The second kappa shape index (κ2) is 4.55. The summed E-state index contributed by atoms with van der Waals surface area (Å²) in [7, 11) is -2.85. The third-order valence-electron chi connectivity index (χ3n) is 2.50. The van der Waals surface area contributed by atoms with Crippen LogP contribution in [0, 0.1) is 0 Å². The predicted molar refractivity (Wildman–Crippen MR) is 62.5 cm³/mol. The van der Waals surface area contributed by atoms with Gasteiger partial charge >= 0.3 is 0 Å². The van der Waals surface area contributed by atoms with E-state index >= 15 is 0 Å². The average molecular weight is 262 g/mol. The fourth-order valence-electron chi connectivity index (χ4n) is 1.52. The first-order valence-electron chi connectivity index (χ1n) is 4.93. The first-order chi connectivity index (χ1) is 7.61. The van der Waals surface area contributed by atoms with E-state index in [9.17, 15) is 8.42 Å². The molecule has 0 aliphatic carbocycles. The Balaban J connectivity index is 2.08. The van der Waals surface area contributed by atoms with E-state index < -0.39 is 9.84 Å². The van der Waals surface area contributed by atoms with Crippen LogP contribution in [0.3, 0.4) is 0 Å². The molecule has 5 nitrogen and oxygen atoms in total. The monoisotopic (exact) mass is 261 g/mol. The highest BCUT2D eigenvalue weighted by Crippen LogP contribution is 2.13. The van der Waals surface area contributed by atoms with Crippen molar-refractivity contribution in [3.05, 3.63) is 18.1 Å². The van der Waals surface area contributed by atoms with Gasteiger partial charge in [0.1, 0.15) is 5.82 Å². The molecule has 88 valence electrons. The molecule has 0 atom stereocenters. The van der Waals surface area contributed by atoms with E-state index in [-0.39, 0.29) is 11.5 Å². The Kier molecular flexibility index (Phi) is 3.30. The molecule has 7 heteroatoms. The van der Waals surface area contributed by atoms with Gasteiger partial charge in [-0.15, -0.1) is 11.6 Å². The highest BCUT2D eigenvalue weighted by atomic mass is 35.5. The third-order valence-corrected chi connectivity index (χ3v) is 4.38. The van der Waals surface area contributed by atoms with Crippen LogP contribution in [-0.4, -0.2) is 43.0 Å². The number of halogens is 1. The van der Waals surface area contributed by atoms with Crippen molar-refractivity contribution in [2.24, 2.45) is 0 Å². The number of aromatic nitrogens is 2. The smallest absolute Gasteiger partial charge is 0.153 e. The van der Waals surface area contributed by atoms with Gasteiger partial charge in [0.2, 0.25) is 0 Å². The molecule has 0 bridgehead atoms. The predicted octanol–water partition coefficient (Wildman–Crippen LogP) is 0.450. The molecule has 0 spiro atoms. The molecule has 2 rings (SSSR count). The van der Waals surface area contributed by atoms with Crippen molar-refractivity contribution in [2.75, 3.05) is 29.5 Å². The summed E-state index contributed by atoms with van der Waals surface area (Å²) in [6.45, 7) is 0.967. The summed E-state index contributed by atoms with van der Waals surface area (Å²) in [6.07, 6.45) is 3.25. The van der Waals surface area contributed by atoms with E-state index in [1.807, 2.05) is 4.90 Å². The number of anilines is 1. The van der Waals surface area contributed by atoms with E-state index in [0.29, 0.717) is 24.8 Å². The molecule has 0 aromatic carbocycles. The number of nitrogens with zero attached hydrogens (tertiary/aromatic N) is 3. The molecule has 1 fully saturated rings. The molecular formula is C9H12ClN3O2S. The van der Waals surface area contributed by atoms with E-state index in [2.05, 4.69) is 9.97 Å². The quantitative estimate of drug-likeness (QED) is 0.724. The van der Waals surface area contributed by atoms with Gasteiger partial charge in [0, 0.05) is 13.1 Å². The Bertz CT molecular complexity index is 446. The number of sulfone groups is 1. The summed E-state index contributed by atoms with van der Waals surface area (Å²) in [5.74, 6) is 1.42. The first-order valence-corrected chi connectivity index (χ1v) is 7.28. The zero-order chi connectivity index (χ0) is 11.6. The van der Waals surface area contributed by atoms with Crippen LogP contribution in [0.4, 0.5) is 5.82 Å². The van der Waals surface area contributed by atoms with E-state index in [0.717, 1.165) is 5.69 Å². The van der Waals surface area contributed by atoms with E-state index in [4.69, 9.17) is 11.6 Å². The maximum Gasteiger partial charge on any atom is 0.153 e. The van der Waals surface area contributed by atoms with Crippen LogP contribution in [0.1, 0.15) is 5.69 Å². The Morgan fingerprint density at radius 2 is 1.94 bits per heavy atom. The van der Waals surface area contributed by atoms with Crippen LogP contribution < -0.4 is 4.90 Å². The lowest BCUT2D eigenvalue weighted by Crippen LogP contribution is -2.40. The molecule has 0 saturated carbocycles. The highest BCUT2D eigenvalue weighted by Gasteiger charge is 2.22. The molecule has 1 aliphatic rings. The minimum Gasteiger partial charge on any atom is -0.353 e. The summed E-state index contributed by atoms with van der Waals surface area (Å²) in [4.78, 5) is 10.3. The minimum atomic E-state index is -2.85. The van der Waals surface area contributed by atoms with Gasteiger partial charge in [0.05, 0.1) is 35.5 Å². The Morgan fingerprint density at radius 1 is 1.25 bits per heavy atom. The molecule has 1 saturated heterocycles. The summed E-state index contributed by atoms with van der Waals surface area (Å²) < 4.78 is 22.5. The van der Waals surface area contributed by atoms with Crippen LogP contribution in [0.2, 0.25) is 0 Å². The molecule has 2 heterocycles. The fraction of sp³-hybridized carbons (Fsp3) is 0.556. The van der Waals surface area contributed by atoms with Crippen LogP contribution in [0.25, 0.3) is 0 Å². The highest BCUT2D eigenvalue weighted by molar-refractivity contribution is 7.91. The normalized spacial score (nSPS) is 19.7. The number of rotatable bonds is 2. The topological polar surface area (TPSA) is 63.2 Å². The van der Waals surface area contributed by atoms with Crippen molar-refractivity contribution in [1.29, 1.82) is 0 Å². The lowest BCUT2D eigenvalue weighted by molar-refractivity contribution is 0.586. The molecule has 1 aromatic heterocycles. The van der Waals surface area contributed by atoms with Gasteiger partial charge in [-0.25, -0.2) is 13.4 Å². The van der Waals surface area contributed by atoms with Crippen molar-refractivity contribution in [3.8, 4) is 0 Å². The average Bonchev–Trinajstić information content (AvgIpc) is 2.29. The van der Waals surface area contributed by atoms with Gasteiger partial charge in [-0.1, -0.05) is 0 Å². The molecule has 1 aliphatic heterocycles. The number of hydrogen-bond donors (Lipinski definition) is 0. The van der Waals surface area contributed by atoms with Crippen molar-refractivity contribution >= 4 is 27.3 Å². The van der Waals surface area contributed by atoms with Crippen molar-refractivity contribution in [1.82, 2.24) is 9.97 Å². The second-order valence-electron chi connectivity index (χ2n) is 3.64. The molecule has 16 heavy (non-hydrogen) atoms. The third kappa shape index (κ3) is 2.62. The van der Waals surface area contributed by atoms with Gasteiger partial charge in [0.15, 0.2) is 9.84 Å². The Hall–Kier alpha value is -0.880. The van der Waals surface area contributed by atoms with Crippen LogP contribution >= 0.6 is 11.6 Å². The van der Waals surface area contributed by atoms with Gasteiger partial charge in [0.25, 0.3) is 0 Å². The Morgan fingerprint density at radius 3 is 2.44 bits per heavy atom. The standard InChI is InChI=1S/C9H12ClN3O2S/c10-5-8-6-12-9(7-11-8)13-1-3-16(14,15)4-2-13/h6-7H,1-5H2. The maximum atomic E-state index is 11.2. The molecule has 0 unspecified atom stereocenters.